The van der Waals surface area contributed by atoms with Gasteiger partial charge in [-0.15, -0.1) is 0 Å². The number of nitrogens with one attached hydrogen (secondary N) is 2. The third-order valence-electron chi connectivity index (χ3n) is 8.44. The van der Waals surface area contributed by atoms with Crippen molar-refractivity contribution in [1.29, 1.82) is 0 Å². The first kappa shape index (κ1) is 28.6. The molecule has 0 saturated carbocycles. The van der Waals surface area contributed by atoms with E-state index in [2.05, 4.69) is 26.6 Å². The Bertz CT molecular complexity index is 1300. The lowest BCUT2D eigenvalue weighted by Crippen LogP contribution is -2.56. The van der Waals surface area contributed by atoms with Gasteiger partial charge >= 0.3 is 0 Å². The number of nitrogens with zero attached hydrogens (tertiary/aromatic N) is 1. The van der Waals surface area contributed by atoms with Crippen LogP contribution >= 0.6 is 15.9 Å². The fraction of sp³-hybridized carbons (Fsp3) is 0.500. The second kappa shape index (κ2) is 11.1. The van der Waals surface area contributed by atoms with Gasteiger partial charge in [0.2, 0.25) is 17.7 Å². The highest BCUT2D eigenvalue weighted by Gasteiger charge is 2.77. The van der Waals surface area contributed by atoms with E-state index in [1.54, 1.807) is 24.3 Å². The van der Waals surface area contributed by atoms with Crippen LogP contribution in [0.1, 0.15) is 37.8 Å². The zero-order valence-electron chi connectivity index (χ0n) is 23.1. The van der Waals surface area contributed by atoms with E-state index in [1.165, 1.54) is 4.90 Å². The van der Waals surface area contributed by atoms with E-state index < -0.39 is 35.6 Å². The largest absolute Gasteiger partial charge is 0.494 e. The Morgan fingerprint density at radius 3 is 2.52 bits per heavy atom. The summed E-state index contributed by atoms with van der Waals surface area (Å²) in [6.07, 6.45) is 0.260. The molecule has 3 heterocycles. The topological polar surface area (TPSA) is 117 Å². The first-order valence-electron chi connectivity index (χ1n) is 13.8. The van der Waals surface area contributed by atoms with Crippen molar-refractivity contribution in [3.05, 3.63) is 53.6 Å². The molecule has 2 aromatic carbocycles. The lowest BCUT2D eigenvalue weighted by atomic mass is 9.70. The summed E-state index contributed by atoms with van der Waals surface area (Å²) in [4.78, 5) is 43.2. The van der Waals surface area contributed by atoms with Crippen molar-refractivity contribution in [2.45, 2.75) is 69.2 Å². The monoisotopic (exact) mass is 613 g/mol. The van der Waals surface area contributed by atoms with Crippen LogP contribution in [0.4, 0.5) is 11.4 Å². The number of hydrogen-bond acceptors (Lipinski definition) is 6. The summed E-state index contributed by atoms with van der Waals surface area (Å²) >= 11 is 3.69. The third kappa shape index (κ3) is 4.69. The molecule has 3 fully saturated rings. The Morgan fingerprint density at radius 1 is 1.15 bits per heavy atom. The highest BCUT2D eigenvalue weighted by atomic mass is 79.9. The fourth-order valence-corrected chi connectivity index (χ4v) is 7.51. The van der Waals surface area contributed by atoms with E-state index in [9.17, 15) is 19.5 Å². The van der Waals surface area contributed by atoms with Crippen molar-refractivity contribution in [3.8, 4) is 5.75 Å². The fourth-order valence-electron chi connectivity index (χ4n) is 6.57. The molecule has 1 spiro atoms. The van der Waals surface area contributed by atoms with Gasteiger partial charge in [0.1, 0.15) is 17.4 Å². The zero-order valence-corrected chi connectivity index (χ0v) is 24.7. The van der Waals surface area contributed by atoms with Gasteiger partial charge in [0.15, 0.2) is 0 Å². The second-order valence-electron chi connectivity index (χ2n) is 10.9. The molecular weight excluding hydrogens is 578 g/mol. The summed E-state index contributed by atoms with van der Waals surface area (Å²) in [6.45, 7) is 7.84. The molecule has 0 radical (unpaired) electrons. The highest BCUT2D eigenvalue weighted by molar-refractivity contribution is 9.09. The van der Waals surface area contributed by atoms with Crippen LogP contribution in [-0.4, -0.2) is 69.6 Å². The minimum absolute atomic E-state index is 0.224. The second-order valence-corrected chi connectivity index (χ2v) is 12.1. The highest BCUT2D eigenvalue weighted by Crippen LogP contribution is 2.60. The van der Waals surface area contributed by atoms with Crippen LogP contribution in [0, 0.1) is 25.7 Å². The number of benzene rings is 2. The Morgan fingerprint density at radius 2 is 1.88 bits per heavy atom. The molecule has 9 nitrogen and oxygen atoms in total. The van der Waals surface area contributed by atoms with E-state index >= 15 is 0 Å². The molecule has 214 valence electrons. The minimum Gasteiger partial charge on any atom is -0.494 e. The molecule has 40 heavy (non-hydrogen) atoms. The number of halogens is 1. The average molecular weight is 615 g/mol. The normalized spacial score (nSPS) is 29.3. The number of aliphatic hydroxyl groups is 1. The van der Waals surface area contributed by atoms with Crippen molar-refractivity contribution in [2.75, 3.05) is 23.8 Å². The van der Waals surface area contributed by atoms with Crippen LogP contribution in [0.5, 0.6) is 5.75 Å². The number of hydrogen-bond donors (Lipinski definition) is 3. The number of aryl methyl sites for hydroxylation is 2. The van der Waals surface area contributed by atoms with Crippen LogP contribution in [0.25, 0.3) is 0 Å². The van der Waals surface area contributed by atoms with Gasteiger partial charge in [-0.3, -0.25) is 14.4 Å². The average Bonchev–Trinajstić information content (AvgIpc) is 3.52. The number of fused-ring (bicyclic) bond motifs is 1. The SMILES string of the molecule is CCOc1ccc(NC(=O)[C@H]2[C@@H]3OC4(CC3Br)C(C(=O)Nc3cc(C)ccc3C)N([C@@H](CC)CO)C(=O)[C@H]24)cc1. The van der Waals surface area contributed by atoms with E-state index in [4.69, 9.17) is 9.47 Å². The van der Waals surface area contributed by atoms with Crippen LogP contribution in [0.15, 0.2) is 42.5 Å². The molecule has 0 aromatic heterocycles. The first-order chi connectivity index (χ1) is 19.1. The Kier molecular flexibility index (Phi) is 7.96. The lowest BCUT2D eigenvalue weighted by Gasteiger charge is -2.36. The van der Waals surface area contributed by atoms with Gasteiger partial charge in [0, 0.05) is 16.2 Å². The number of amides is 3. The quantitative estimate of drug-likeness (QED) is 0.370. The molecule has 7 atom stereocenters. The molecule has 3 aliphatic rings. The maximum absolute atomic E-state index is 14.2. The number of alkyl halides is 1. The van der Waals surface area contributed by atoms with Crippen molar-refractivity contribution in [1.82, 2.24) is 4.90 Å². The smallest absolute Gasteiger partial charge is 0.250 e. The number of ether oxygens (including phenoxy) is 2. The van der Waals surface area contributed by atoms with Crippen molar-refractivity contribution in [2.24, 2.45) is 11.8 Å². The van der Waals surface area contributed by atoms with Gasteiger partial charge in [-0.05, 0) is 75.1 Å². The van der Waals surface area contributed by atoms with Gasteiger partial charge in [0.05, 0.1) is 37.2 Å². The van der Waals surface area contributed by atoms with E-state index in [-0.39, 0.29) is 29.2 Å². The molecule has 3 N–H and O–H groups in total. The standard InChI is InChI=1S/C30H36BrN3O6/c1-5-19(15-35)34-26(28(37)33-22-13-16(3)7-8-17(22)4)30-14-21(31)25(40-30)23(24(30)29(34)38)27(36)32-18-9-11-20(12-10-18)39-6-2/h7-13,19,21,23-26,35H,5-6,14-15H2,1-4H3,(H,32,36)(H,33,37)/t19-,21?,23+,24-,25+,26?,30?/m0/s1. The Balaban J connectivity index is 1.49. The van der Waals surface area contributed by atoms with E-state index in [1.807, 2.05) is 45.9 Å². The van der Waals surface area contributed by atoms with Crippen LogP contribution in [0.2, 0.25) is 0 Å². The van der Waals surface area contributed by atoms with E-state index in [0.717, 1.165) is 11.1 Å². The van der Waals surface area contributed by atoms with E-state index in [0.29, 0.717) is 36.6 Å². The summed E-state index contributed by atoms with van der Waals surface area (Å²) in [6, 6.07) is 11.2. The molecule has 10 heteroatoms. The zero-order chi connectivity index (χ0) is 28.8. The molecule has 3 aliphatic heterocycles. The molecular formula is C30H36BrN3O6. The molecule has 5 rings (SSSR count). The van der Waals surface area contributed by atoms with Gasteiger partial charge < -0.3 is 30.1 Å². The number of rotatable bonds is 9. The maximum atomic E-state index is 14.2. The number of carbonyl (C=O) groups is 3. The van der Waals surface area contributed by atoms with Crippen molar-refractivity contribution >= 4 is 45.0 Å². The van der Waals surface area contributed by atoms with Gasteiger partial charge in [-0.2, -0.15) is 0 Å². The van der Waals surface area contributed by atoms with Crippen molar-refractivity contribution < 1.29 is 29.0 Å². The predicted octanol–water partition coefficient (Wildman–Crippen LogP) is 3.80. The van der Waals surface area contributed by atoms with Crippen molar-refractivity contribution in [3.63, 3.8) is 0 Å². The molecule has 2 aromatic rings. The lowest BCUT2D eigenvalue weighted by molar-refractivity contribution is -0.143. The third-order valence-corrected chi connectivity index (χ3v) is 9.28. The Labute approximate surface area is 242 Å². The van der Waals surface area contributed by atoms with Gasteiger partial charge in [-0.25, -0.2) is 0 Å². The van der Waals surface area contributed by atoms with Gasteiger partial charge in [0.25, 0.3) is 0 Å². The summed E-state index contributed by atoms with van der Waals surface area (Å²) in [7, 11) is 0. The number of likely N-dealkylation sites (tertiary alicyclic amines) is 1. The van der Waals surface area contributed by atoms with Crippen LogP contribution < -0.4 is 15.4 Å². The summed E-state index contributed by atoms with van der Waals surface area (Å²) < 4.78 is 12.0. The predicted molar refractivity (Wildman–Crippen MR) is 155 cm³/mol. The molecule has 3 amide bonds. The van der Waals surface area contributed by atoms with Gasteiger partial charge in [-0.1, -0.05) is 35.0 Å². The maximum Gasteiger partial charge on any atom is 0.250 e. The molecule has 0 aliphatic carbocycles. The first-order valence-corrected chi connectivity index (χ1v) is 14.7. The summed E-state index contributed by atoms with van der Waals surface area (Å²) in [5.41, 5.74) is 1.90. The van der Waals surface area contributed by atoms with Crippen LogP contribution in [0.3, 0.4) is 0 Å². The Hall–Kier alpha value is -2.95. The molecule has 2 bridgehead atoms. The number of aliphatic hydroxyl groups excluding tert-OH is 1. The molecule has 3 unspecified atom stereocenters. The number of carbonyl (C=O) groups excluding carboxylic acids is 3. The minimum atomic E-state index is -1.21. The summed E-state index contributed by atoms with van der Waals surface area (Å²) in [5.74, 6) is -2.04. The number of anilines is 2. The molecule has 3 saturated heterocycles. The summed E-state index contributed by atoms with van der Waals surface area (Å²) in [5, 5.41) is 16.2. The van der Waals surface area contributed by atoms with Crippen LogP contribution in [-0.2, 0) is 19.1 Å².